The second kappa shape index (κ2) is 2.47. The molecule has 1 saturated heterocycles. The van der Waals surface area contributed by atoms with E-state index in [1.165, 1.54) is 0 Å². The first-order valence-corrected chi connectivity index (χ1v) is 5.77. The van der Waals surface area contributed by atoms with Crippen LogP contribution in [0.2, 0.25) is 0 Å². The molecule has 3 heteroatoms. The highest BCUT2D eigenvalue weighted by Crippen LogP contribution is 2.34. The Labute approximate surface area is 68.9 Å². The lowest BCUT2D eigenvalue weighted by molar-refractivity contribution is 0.374. The van der Waals surface area contributed by atoms with Crippen LogP contribution in [0, 0.1) is 5.41 Å². The summed E-state index contributed by atoms with van der Waals surface area (Å²) in [6.07, 6.45) is 1.70. The molecule has 0 aromatic heterocycles. The van der Waals surface area contributed by atoms with Gasteiger partial charge in [0.2, 0.25) is 0 Å². The van der Waals surface area contributed by atoms with Crippen LogP contribution in [0.25, 0.3) is 0 Å². The average molecular weight is 176 g/mol. The van der Waals surface area contributed by atoms with Gasteiger partial charge >= 0.3 is 0 Å². The number of sulfone groups is 1. The summed E-state index contributed by atoms with van der Waals surface area (Å²) in [7, 11) is -2.74. The van der Waals surface area contributed by atoms with Crippen LogP contribution in [0.5, 0.6) is 0 Å². The molecule has 1 aliphatic rings. The standard InChI is InChI=1S/C8H16O2S/c1-8(2,3)7-5-4-6-11(7,9)10/h7H,4-6H2,1-3H3. The van der Waals surface area contributed by atoms with E-state index in [0.29, 0.717) is 5.75 Å². The molecule has 2 nitrogen and oxygen atoms in total. The Morgan fingerprint density at radius 2 is 1.82 bits per heavy atom. The van der Waals surface area contributed by atoms with Gasteiger partial charge in [0.1, 0.15) is 0 Å². The maximum atomic E-state index is 11.4. The zero-order valence-electron chi connectivity index (χ0n) is 7.42. The second-order valence-corrected chi connectivity index (χ2v) is 6.67. The van der Waals surface area contributed by atoms with Gasteiger partial charge in [0.05, 0.1) is 11.0 Å². The number of hydrogen-bond donors (Lipinski definition) is 0. The van der Waals surface area contributed by atoms with E-state index in [1.54, 1.807) is 0 Å². The quantitative estimate of drug-likeness (QED) is 0.562. The molecule has 0 amide bonds. The van der Waals surface area contributed by atoms with Crippen molar-refractivity contribution in [1.29, 1.82) is 0 Å². The van der Waals surface area contributed by atoms with E-state index in [0.717, 1.165) is 12.8 Å². The molecular formula is C8H16O2S. The predicted octanol–water partition coefficient (Wildman–Crippen LogP) is 1.61. The fourth-order valence-corrected chi connectivity index (χ4v) is 4.22. The predicted molar refractivity (Wildman–Crippen MR) is 46.3 cm³/mol. The second-order valence-electron chi connectivity index (χ2n) is 4.36. The van der Waals surface area contributed by atoms with Gasteiger partial charge in [-0.2, -0.15) is 0 Å². The van der Waals surface area contributed by atoms with Crippen LogP contribution in [-0.4, -0.2) is 19.4 Å². The Morgan fingerprint density at radius 1 is 1.27 bits per heavy atom. The van der Waals surface area contributed by atoms with Crippen molar-refractivity contribution in [3.05, 3.63) is 0 Å². The van der Waals surface area contributed by atoms with E-state index in [9.17, 15) is 8.42 Å². The van der Waals surface area contributed by atoms with Crippen LogP contribution >= 0.6 is 0 Å². The molecule has 0 bridgehead atoms. The van der Waals surface area contributed by atoms with Gasteiger partial charge in [-0.15, -0.1) is 0 Å². The smallest absolute Gasteiger partial charge is 0.153 e. The normalized spacial score (nSPS) is 30.6. The van der Waals surface area contributed by atoms with Crippen molar-refractivity contribution in [3.63, 3.8) is 0 Å². The summed E-state index contributed by atoms with van der Waals surface area (Å²) in [6.45, 7) is 6.00. The highest BCUT2D eigenvalue weighted by atomic mass is 32.2. The fraction of sp³-hybridized carbons (Fsp3) is 1.00. The first-order chi connectivity index (χ1) is 4.84. The Hall–Kier alpha value is -0.0500. The van der Waals surface area contributed by atoms with Crippen molar-refractivity contribution >= 4 is 9.84 Å². The summed E-state index contributed by atoms with van der Waals surface area (Å²) in [5.74, 6) is 0.398. The maximum absolute atomic E-state index is 11.4. The highest BCUT2D eigenvalue weighted by molar-refractivity contribution is 7.92. The molecule has 1 heterocycles. The molecule has 1 aliphatic heterocycles. The van der Waals surface area contributed by atoms with Crippen LogP contribution in [0.3, 0.4) is 0 Å². The van der Waals surface area contributed by atoms with Gasteiger partial charge in [-0.05, 0) is 18.3 Å². The fourth-order valence-electron chi connectivity index (χ4n) is 1.76. The molecule has 0 aromatic carbocycles. The molecule has 0 aromatic rings. The van der Waals surface area contributed by atoms with E-state index in [2.05, 4.69) is 0 Å². The molecule has 1 fully saturated rings. The minimum atomic E-state index is -2.74. The van der Waals surface area contributed by atoms with Gasteiger partial charge in [-0.3, -0.25) is 0 Å². The molecule has 0 saturated carbocycles. The molecule has 66 valence electrons. The average Bonchev–Trinajstić information content (AvgIpc) is 2.06. The molecule has 0 radical (unpaired) electrons. The number of hydrogen-bond acceptors (Lipinski definition) is 2. The SMILES string of the molecule is CC(C)(C)C1CCCS1(=O)=O. The number of rotatable bonds is 0. The highest BCUT2D eigenvalue weighted by Gasteiger charge is 2.39. The lowest BCUT2D eigenvalue weighted by Gasteiger charge is -2.25. The van der Waals surface area contributed by atoms with Gasteiger partial charge in [-0.25, -0.2) is 8.42 Å². The van der Waals surface area contributed by atoms with Crippen LogP contribution < -0.4 is 0 Å². The van der Waals surface area contributed by atoms with Crippen LogP contribution in [0.1, 0.15) is 33.6 Å². The molecule has 1 unspecified atom stereocenters. The van der Waals surface area contributed by atoms with E-state index >= 15 is 0 Å². The maximum Gasteiger partial charge on any atom is 0.153 e. The van der Waals surface area contributed by atoms with Gasteiger partial charge in [-0.1, -0.05) is 20.8 Å². The van der Waals surface area contributed by atoms with E-state index in [4.69, 9.17) is 0 Å². The van der Waals surface area contributed by atoms with Crippen molar-refractivity contribution in [1.82, 2.24) is 0 Å². The summed E-state index contributed by atoms with van der Waals surface area (Å²) >= 11 is 0. The third-order valence-corrected chi connectivity index (χ3v) is 4.96. The van der Waals surface area contributed by atoms with Gasteiger partial charge < -0.3 is 0 Å². The summed E-state index contributed by atoms with van der Waals surface area (Å²) in [5, 5.41) is -0.102. The minimum Gasteiger partial charge on any atom is -0.229 e. The third kappa shape index (κ3) is 1.75. The summed E-state index contributed by atoms with van der Waals surface area (Å²) < 4.78 is 22.8. The summed E-state index contributed by atoms with van der Waals surface area (Å²) in [4.78, 5) is 0. The molecule has 1 rings (SSSR count). The zero-order chi connectivity index (χ0) is 8.70. The van der Waals surface area contributed by atoms with Crippen molar-refractivity contribution in [3.8, 4) is 0 Å². The molecular weight excluding hydrogens is 160 g/mol. The van der Waals surface area contributed by atoms with Crippen molar-refractivity contribution in [2.45, 2.75) is 38.9 Å². The summed E-state index contributed by atoms with van der Waals surface area (Å²) in [6, 6.07) is 0. The van der Waals surface area contributed by atoms with Gasteiger partial charge in [0.15, 0.2) is 9.84 Å². The lowest BCUT2D eigenvalue weighted by Crippen LogP contribution is -2.30. The van der Waals surface area contributed by atoms with Crippen molar-refractivity contribution in [2.75, 3.05) is 5.75 Å². The van der Waals surface area contributed by atoms with Gasteiger partial charge in [0, 0.05) is 0 Å². The van der Waals surface area contributed by atoms with E-state index in [-0.39, 0.29) is 10.7 Å². The van der Waals surface area contributed by atoms with Crippen molar-refractivity contribution < 1.29 is 8.42 Å². The minimum absolute atomic E-state index is 0.0741. The molecule has 11 heavy (non-hydrogen) atoms. The summed E-state index contributed by atoms with van der Waals surface area (Å²) in [5.41, 5.74) is -0.0741. The molecule has 0 aliphatic carbocycles. The van der Waals surface area contributed by atoms with Crippen LogP contribution in [-0.2, 0) is 9.84 Å². The van der Waals surface area contributed by atoms with Crippen LogP contribution in [0.15, 0.2) is 0 Å². The van der Waals surface area contributed by atoms with Gasteiger partial charge in [0.25, 0.3) is 0 Å². The Kier molecular flexibility index (Phi) is 2.03. The van der Waals surface area contributed by atoms with E-state index in [1.807, 2.05) is 20.8 Å². The monoisotopic (exact) mass is 176 g/mol. The largest absolute Gasteiger partial charge is 0.229 e. The Morgan fingerprint density at radius 3 is 2.00 bits per heavy atom. The lowest BCUT2D eigenvalue weighted by atomic mass is 9.89. The first-order valence-electron chi connectivity index (χ1n) is 4.05. The molecule has 0 spiro atoms. The zero-order valence-corrected chi connectivity index (χ0v) is 8.24. The van der Waals surface area contributed by atoms with E-state index < -0.39 is 9.84 Å². The molecule has 1 atom stereocenters. The first kappa shape index (κ1) is 9.04. The van der Waals surface area contributed by atoms with Crippen LogP contribution in [0.4, 0.5) is 0 Å². The molecule has 0 N–H and O–H groups in total. The third-order valence-electron chi connectivity index (χ3n) is 2.29. The Bertz CT molecular complexity index is 233. The van der Waals surface area contributed by atoms with Crippen molar-refractivity contribution in [2.24, 2.45) is 5.41 Å². The topological polar surface area (TPSA) is 34.1 Å². The Balaban J connectivity index is 2.91.